The predicted molar refractivity (Wildman–Crippen MR) is 63.9 cm³/mol. The summed E-state index contributed by atoms with van der Waals surface area (Å²) in [6.07, 6.45) is 1.55. The van der Waals surface area contributed by atoms with Crippen molar-refractivity contribution in [3.05, 3.63) is 28.2 Å². The number of hydrogen-bond donors (Lipinski definition) is 0. The average molecular weight is 301 g/mol. The van der Waals surface area contributed by atoms with E-state index in [2.05, 4.69) is 31.5 Å². The standard InChI is InChI=1S/C9H9BrN4OS/c1-6-5-7(10)3-4-8(6)14-9(16(2)15)11-12-13-14/h3-5H,1-2H3. The van der Waals surface area contributed by atoms with Crippen LogP contribution < -0.4 is 0 Å². The first-order valence-electron chi connectivity index (χ1n) is 4.48. The van der Waals surface area contributed by atoms with Crippen molar-refractivity contribution in [2.24, 2.45) is 0 Å². The molecule has 7 heteroatoms. The maximum Gasteiger partial charge on any atom is 0.244 e. The molecule has 2 aromatic rings. The summed E-state index contributed by atoms with van der Waals surface area (Å²) in [6.45, 7) is 1.95. The van der Waals surface area contributed by atoms with Crippen LogP contribution in [-0.2, 0) is 10.8 Å². The minimum Gasteiger partial charge on any atom is -0.251 e. The van der Waals surface area contributed by atoms with E-state index in [0.717, 1.165) is 15.7 Å². The van der Waals surface area contributed by atoms with Crippen LogP contribution in [0.4, 0.5) is 0 Å². The molecule has 1 aromatic heterocycles. The molecule has 1 unspecified atom stereocenters. The smallest absolute Gasteiger partial charge is 0.244 e. The summed E-state index contributed by atoms with van der Waals surface area (Å²) >= 11 is 3.39. The van der Waals surface area contributed by atoms with Gasteiger partial charge < -0.3 is 0 Å². The fourth-order valence-electron chi connectivity index (χ4n) is 1.37. The van der Waals surface area contributed by atoms with Gasteiger partial charge in [0.25, 0.3) is 0 Å². The molecule has 0 fully saturated rings. The van der Waals surface area contributed by atoms with E-state index in [4.69, 9.17) is 0 Å². The lowest BCUT2D eigenvalue weighted by Gasteiger charge is -2.06. The summed E-state index contributed by atoms with van der Waals surface area (Å²) in [6, 6.07) is 5.73. The van der Waals surface area contributed by atoms with Gasteiger partial charge in [-0.2, -0.15) is 4.68 Å². The molecule has 0 aliphatic heterocycles. The zero-order valence-corrected chi connectivity index (χ0v) is 11.1. The fourth-order valence-corrected chi connectivity index (χ4v) is 2.37. The number of aryl methyl sites for hydroxylation is 1. The average Bonchev–Trinajstić information content (AvgIpc) is 2.66. The number of aromatic nitrogens is 4. The van der Waals surface area contributed by atoms with Gasteiger partial charge >= 0.3 is 0 Å². The lowest BCUT2D eigenvalue weighted by atomic mass is 10.2. The number of halogens is 1. The Labute approximate surface area is 103 Å². The van der Waals surface area contributed by atoms with E-state index in [1.807, 2.05) is 25.1 Å². The van der Waals surface area contributed by atoms with Gasteiger partial charge in [0.1, 0.15) is 0 Å². The third-order valence-corrected chi connectivity index (χ3v) is 3.35. The van der Waals surface area contributed by atoms with Crippen molar-refractivity contribution in [2.45, 2.75) is 12.1 Å². The summed E-state index contributed by atoms with van der Waals surface area (Å²) in [4.78, 5) is 0. The van der Waals surface area contributed by atoms with Crippen molar-refractivity contribution in [3.8, 4) is 5.69 Å². The molecule has 0 spiro atoms. The summed E-state index contributed by atoms with van der Waals surface area (Å²) in [7, 11) is -1.21. The van der Waals surface area contributed by atoms with Gasteiger partial charge in [-0.3, -0.25) is 4.21 Å². The molecule has 84 valence electrons. The molecule has 0 N–H and O–H groups in total. The Morgan fingerprint density at radius 3 is 2.81 bits per heavy atom. The first kappa shape index (κ1) is 11.4. The van der Waals surface area contributed by atoms with Gasteiger partial charge in [0.2, 0.25) is 5.16 Å². The van der Waals surface area contributed by atoms with Gasteiger partial charge in [-0.25, -0.2) is 0 Å². The highest BCUT2D eigenvalue weighted by Gasteiger charge is 2.13. The zero-order valence-electron chi connectivity index (χ0n) is 8.72. The Morgan fingerprint density at radius 1 is 1.44 bits per heavy atom. The Morgan fingerprint density at radius 2 is 2.19 bits per heavy atom. The molecule has 2 rings (SSSR count). The van der Waals surface area contributed by atoms with Crippen LogP contribution in [-0.4, -0.2) is 30.7 Å². The molecule has 0 amide bonds. The van der Waals surface area contributed by atoms with E-state index in [0.29, 0.717) is 5.16 Å². The Balaban J connectivity index is 2.59. The highest BCUT2D eigenvalue weighted by Crippen LogP contribution is 2.19. The number of hydrogen-bond acceptors (Lipinski definition) is 4. The van der Waals surface area contributed by atoms with Crippen molar-refractivity contribution in [1.82, 2.24) is 20.2 Å². The normalized spacial score (nSPS) is 12.7. The van der Waals surface area contributed by atoms with Crippen LogP contribution in [0.1, 0.15) is 5.56 Å². The highest BCUT2D eigenvalue weighted by molar-refractivity contribution is 9.10. The second-order valence-electron chi connectivity index (χ2n) is 3.26. The quantitative estimate of drug-likeness (QED) is 0.843. The van der Waals surface area contributed by atoms with Crippen molar-refractivity contribution < 1.29 is 4.21 Å². The van der Waals surface area contributed by atoms with Gasteiger partial charge in [0.15, 0.2) is 0 Å². The van der Waals surface area contributed by atoms with Crippen LogP contribution in [0.5, 0.6) is 0 Å². The molecule has 1 heterocycles. The number of nitrogens with zero attached hydrogens (tertiary/aromatic N) is 4. The SMILES string of the molecule is Cc1cc(Br)ccc1-n1nnnc1S(C)=O. The Hall–Kier alpha value is -1.08. The monoisotopic (exact) mass is 300 g/mol. The molecule has 0 radical (unpaired) electrons. The highest BCUT2D eigenvalue weighted by atomic mass is 79.9. The van der Waals surface area contributed by atoms with Gasteiger partial charge in [-0.1, -0.05) is 21.0 Å². The lowest BCUT2D eigenvalue weighted by molar-refractivity contribution is 0.670. The zero-order chi connectivity index (χ0) is 11.7. The minimum atomic E-state index is -1.21. The molecule has 0 bridgehead atoms. The van der Waals surface area contributed by atoms with Crippen molar-refractivity contribution in [2.75, 3.05) is 6.26 Å². The molecular formula is C9H9BrN4OS. The van der Waals surface area contributed by atoms with Gasteiger partial charge in [-0.05, 0) is 41.1 Å². The second kappa shape index (κ2) is 4.42. The third-order valence-electron chi connectivity index (χ3n) is 2.09. The van der Waals surface area contributed by atoms with Crippen molar-refractivity contribution >= 4 is 26.7 Å². The maximum atomic E-state index is 11.4. The fraction of sp³-hybridized carbons (Fsp3) is 0.222. The van der Waals surface area contributed by atoms with E-state index < -0.39 is 10.8 Å². The number of rotatable bonds is 2. The van der Waals surface area contributed by atoms with Crippen molar-refractivity contribution in [3.63, 3.8) is 0 Å². The second-order valence-corrected chi connectivity index (χ2v) is 5.45. The topological polar surface area (TPSA) is 60.7 Å². The summed E-state index contributed by atoms with van der Waals surface area (Å²) in [5.74, 6) is 0. The first-order valence-corrected chi connectivity index (χ1v) is 6.83. The van der Waals surface area contributed by atoms with Crippen molar-refractivity contribution in [1.29, 1.82) is 0 Å². The van der Waals surface area contributed by atoms with E-state index in [1.165, 1.54) is 4.68 Å². The van der Waals surface area contributed by atoms with Gasteiger partial charge in [0, 0.05) is 10.7 Å². The molecular weight excluding hydrogens is 292 g/mol. The molecule has 5 nitrogen and oxygen atoms in total. The molecule has 16 heavy (non-hydrogen) atoms. The molecule has 1 atom stereocenters. The molecule has 0 saturated heterocycles. The largest absolute Gasteiger partial charge is 0.251 e. The first-order chi connectivity index (χ1) is 7.59. The van der Waals surface area contributed by atoms with Crippen LogP contribution in [0.2, 0.25) is 0 Å². The lowest BCUT2D eigenvalue weighted by Crippen LogP contribution is -2.05. The predicted octanol–water partition coefficient (Wildman–Crippen LogP) is 1.47. The molecule has 0 aliphatic rings. The molecule has 1 aromatic carbocycles. The summed E-state index contributed by atoms with van der Waals surface area (Å²) < 4.78 is 13.9. The third kappa shape index (κ3) is 2.05. The summed E-state index contributed by atoms with van der Waals surface area (Å²) in [5, 5.41) is 11.5. The van der Waals surface area contributed by atoms with Gasteiger partial charge in [-0.15, -0.1) is 0 Å². The van der Waals surface area contributed by atoms with E-state index in [9.17, 15) is 4.21 Å². The Bertz CT molecular complexity index is 554. The Kier molecular flexibility index (Phi) is 3.15. The summed E-state index contributed by atoms with van der Waals surface area (Å²) in [5.41, 5.74) is 1.84. The van der Waals surface area contributed by atoms with Crippen LogP contribution in [0.25, 0.3) is 5.69 Å². The van der Waals surface area contributed by atoms with Crippen LogP contribution in [0.3, 0.4) is 0 Å². The van der Waals surface area contributed by atoms with E-state index in [1.54, 1.807) is 6.26 Å². The number of tetrazole rings is 1. The van der Waals surface area contributed by atoms with Crippen LogP contribution in [0, 0.1) is 6.92 Å². The van der Waals surface area contributed by atoms with Gasteiger partial charge in [0.05, 0.1) is 16.5 Å². The molecule has 0 aliphatic carbocycles. The van der Waals surface area contributed by atoms with E-state index in [-0.39, 0.29) is 0 Å². The van der Waals surface area contributed by atoms with E-state index >= 15 is 0 Å². The minimum absolute atomic E-state index is 0.352. The molecule has 0 saturated carbocycles. The number of benzene rings is 1. The maximum absolute atomic E-state index is 11.4. The van der Waals surface area contributed by atoms with Crippen LogP contribution >= 0.6 is 15.9 Å². The van der Waals surface area contributed by atoms with Crippen LogP contribution in [0.15, 0.2) is 27.8 Å².